The first-order chi connectivity index (χ1) is 24.5. The van der Waals surface area contributed by atoms with Gasteiger partial charge in [-0.15, -0.1) is 0 Å². The lowest BCUT2D eigenvalue weighted by Gasteiger charge is -2.16. The molecule has 0 bridgehead atoms. The van der Waals surface area contributed by atoms with Gasteiger partial charge in [0.25, 0.3) is 11.6 Å². The number of hydrogen-bond donors (Lipinski definition) is 0. The van der Waals surface area contributed by atoms with E-state index in [1.54, 1.807) is 24.8 Å². The molecular weight excluding hydrogens is 682 g/mol. The molecular formula is C40H28F6N4O2. The van der Waals surface area contributed by atoms with Gasteiger partial charge < -0.3 is 0 Å². The lowest BCUT2D eigenvalue weighted by Crippen LogP contribution is -2.22. The normalized spacial score (nSPS) is 12.2. The van der Waals surface area contributed by atoms with Gasteiger partial charge in [0, 0.05) is 11.1 Å². The molecule has 0 saturated carbocycles. The Morgan fingerprint density at radius 2 is 0.846 bits per heavy atom. The van der Waals surface area contributed by atoms with Gasteiger partial charge in [0.05, 0.1) is 33.4 Å². The van der Waals surface area contributed by atoms with Crippen molar-refractivity contribution >= 4 is 33.6 Å². The van der Waals surface area contributed by atoms with Crippen LogP contribution in [0.4, 0.5) is 26.3 Å². The summed E-state index contributed by atoms with van der Waals surface area (Å²) in [6.07, 6.45) is -6.54. The Morgan fingerprint density at radius 3 is 1.17 bits per heavy atom. The van der Waals surface area contributed by atoms with Crippen LogP contribution < -0.4 is 0 Å². The third-order valence-electron chi connectivity index (χ3n) is 9.11. The average molecular weight is 711 g/mol. The van der Waals surface area contributed by atoms with E-state index in [0.717, 1.165) is 56.8 Å². The van der Waals surface area contributed by atoms with E-state index in [2.05, 4.69) is 9.97 Å². The molecule has 0 aliphatic heterocycles. The quantitative estimate of drug-likeness (QED) is 0.127. The summed E-state index contributed by atoms with van der Waals surface area (Å²) in [5, 5.41) is 0. The smallest absolute Gasteiger partial charge is 0.298 e. The van der Waals surface area contributed by atoms with Gasteiger partial charge in [-0.1, -0.05) is 36.4 Å². The molecule has 0 atom stereocenters. The monoisotopic (exact) mass is 710 g/mol. The lowest BCUT2D eigenvalue weighted by atomic mass is 9.96. The van der Waals surface area contributed by atoms with Gasteiger partial charge in [0.1, 0.15) is 12.7 Å². The van der Waals surface area contributed by atoms with Crippen LogP contribution in [0.3, 0.4) is 0 Å². The Bertz CT molecular complexity index is 2370. The standard InChI is InChI=1S/C40H28F6N4O2/c1-21-11-29(25-7-5-9-27(15-25)37(51)39(41,42)43)12-22(2)35(21)49-19-47-31-18-34-32(17-33(31)49)48-20-50(34)36-23(3)13-30(14-24(36)4)26-8-6-10-28(16-26)38(52)40(44,45)46/h5-20H,1-4H3. The predicted molar refractivity (Wildman–Crippen MR) is 186 cm³/mol. The number of carbonyl (C=O) groups is 2. The van der Waals surface area contributed by atoms with Gasteiger partial charge in [-0.05, 0) is 121 Å². The van der Waals surface area contributed by atoms with Crippen LogP contribution in [0.2, 0.25) is 0 Å². The summed E-state index contributed by atoms with van der Waals surface area (Å²) < 4.78 is 82.4. The Balaban J connectivity index is 1.24. The SMILES string of the molecule is Cc1cc(-c2cccc(C(=O)C(F)(F)F)c2)cc(C)c1-n1cnc2cc3c(cc21)ncn3-c1c(C)cc(-c2cccc(C(=O)C(F)(F)F)c2)cc1C. The minimum Gasteiger partial charge on any atom is -0.298 e. The largest absolute Gasteiger partial charge is 0.454 e. The van der Waals surface area contributed by atoms with E-state index in [4.69, 9.17) is 0 Å². The number of nitrogens with zero attached hydrogens (tertiary/aromatic N) is 4. The third-order valence-corrected chi connectivity index (χ3v) is 9.11. The van der Waals surface area contributed by atoms with Crippen molar-refractivity contribution in [2.24, 2.45) is 0 Å². The number of aryl methyl sites for hydroxylation is 4. The molecule has 7 rings (SSSR count). The summed E-state index contributed by atoms with van der Waals surface area (Å²) in [5.74, 6) is -3.79. The van der Waals surface area contributed by atoms with Gasteiger partial charge in [-0.25, -0.2) is 9.97 Å². The Morgan fingerprint density at radius 1 is 0.500 bits per heavy atom. The topological polar surface area (TPSA) is 69.8 Å². The minimum absolute atomic E-state index is 0.429. The zero-order valence-corrected chi connectivity index (χ0v) is 28.1. The molecule has 0 fully saturated rings. The molecule has 2 heterocycles. The van der Waals surface area contributed by atoms with Crippen LogP contribution in [0.5, 0.6) is 0 Å². The number of alkyl halides is 6. The molecule has 7 aromatic rings. The molecule has 0 N–H and O–H groups in total. The maximum atomic E-state index is 13.1. The fraction of sp³-hybridized carbons (Fsp3) is 0.150. The number of ketones is 2. The molecule has 0 amide bonds. The van der Waals surface area contributed by atoms with E-state index in [9.17, 15) is 35.9 Å². The number of aromatic nitrogens is 4. The maximum absolute atomic E-state index is 13.1. The van der Waals surface area contributed by atoms with Crippen LogP contribution >= 0.6 is 0 Å². The molecule has 0 radical (unpaired) electrons. The first kappa shape index (κ1) is 34.4. The van der Waals surface area contributed by atoms with E-state index in [1.165, 1.54) is 24.3 Å². The highest BCUT2D eigenvalue weighted by Gasteiger charge is 2.40. The first-order valence-corrected chi connectivity index (χ1v) is 16.0. The molecule has 0 unspecified atom stereocenters. The van der Waals surface area contributed by atoms with E-state index >= 15 is 0 Å². The van der Waals surface area contributed by atoms with Crippen LogP contribution in [0, 0.1) is 27.7 Å². The van der Waals surface area contributed by atoms with Crippen LogP contribution in [0.25, 0.3) is 55.7 Å². The summed E-state index contributed by atoms with van der Waals surface area (Å²) in [6.45, 7) is 7.59. The van der Waals surface area contributed by atoms with Crippen molar-refractivity contribution in [3.63, 3.8) is 0 Å². The molecule has 6 nitrogen and oxygen atoms in total. The molecule has 52 heavy (non-hydrogen) atoms. The van der Waals surface area contributed by atoms with Gasteiger partial charge in [-0.3, -0.25) is 18.7 Å². The second-order valence-corrected chi connectivity index (χ2v) is 12.8. The van der Waals surface area contributed by atoms with Crippen LogP contribution in [0.1, 0.15) is 43.0 Å². The highest BCUT2D eigenvalue weighted by Crippen LogP contribution is 2.35. The minimum atomic E-state index is -4.97. The first-order valence-electron chi connectivity index (χ1n) is 16.0. The summed E-state index contributed by atoms with van der Waals surface area (Å²) in [7, 11) is 0. The second kappa shape index (κ2) is 12.3. The zero-order valence-electron chi connectivity index (χ0n) is 28.1. The number of hydrogen-bond acceptors (Lipinski definition) is 4. The number of imidazole rings is 2. The van der Waals surface area contributed by atoms with E-state index in [0.29, 0.717) is 33.3 Å². The highest BCUT2D eigenvalue weighted by molar-refractivity contribution is 6.02. The fourth-order valence-corrected chi connectivity index (χ4v) is 6.88. The molecule has 0 spiro atoms. The van der Waals surface area contributed by atoms with Crippen molar-refractivity contribution in [3.8, 4) is 33.6 Å². The fourth-order valence-electron chi connectivity index (χ4n) is 6.88. The van der Waals surface area contributed by atoms with Crippen molar-refractivity contribution in [1.82, 2.24) is 19.1 Å². The van der Waals surface area contributed by atoms with E-state index in [1.807, 2.05) is 73.2 Å². The van der Waals surface area contributed by atoms with Crippen molar-refractivity contribution in [1.29, 1.82) is 0 Å². The Kier molecular flexibility index (Phi) is 8.16. The lowest BCUT2D eigenvalue weighted by molar-refractivity contribution is -0.0888. The van der Waals surface area contributed by atoms with Gasteiger partial charge >= 0.3 is 12.4 Å². The number of benzene rings is 5. The van der Waals surface area contributed by atoms with Gasteiger partial charge in [0.15, 0.2) is 0 Å². The molecule has 0 saturated heterocycles. The Labute approximate surface area is 293 Å². The third kappa shape index (κ3) is 6.03. The van der Waals surface area contributed by atoms with E-state index in [-0.39, 0.29) is 0 Å². The van der Waals surface area contributed by atoms with Crippen LogP contribution in [0.15, 0.2) is 97.6 Å². The number of fused-ring (bicyclic) bond motifs is 2. The Hall–Kier alpha value is -6.04. The molecule has 2 aromatic heterocycles. The number of Topliss-reactive ketones (excluding diaryl/α,β-unsaturated/α-hetero) is 2. The van der Waals surface area contributed by atoms with Crippen molar-refractivity contribution < 1.29 is 35.9 Å². The number of carbonyl (C=O) groups excluding carboxylic acids is 2. The van der Waals surface area contributed by atoms with Crippen molar-refractivity contribution in [2.45, 2.75) is 40.0 Å². The number of rotatable bonds is 6. The number of halogens is 6. The second-order valence-electron chi connectivity index (χ2n) is 12.8. The summed E-state index contributed by atoms with van der Waals surface area (Å²) in [5.41, 5.74) is 9.44. The summed E-state index contributed by atoms with van der Waals surface area (Å²) in [4.78, 5) is 33.1. The molecule has 0 aliphatic carbocycles. The van der Waals surface area contributed by atoms with Gasteiger partial charge in [-0.2, -0.15) is 26.3 Å². The predicted octanol–water partition coefficient (Wildman–Crippen LogP) is 10.4. The molecule has 262 valence electrons. The van der Waals surface area contributed by atoms with Gasteiger partial charge in [0.2, 0.25) is 0 Å². The molecule has 0 aliphatic rings. The van der Waals surface area contributed by atoms with Crippen LogP contribution in [-0.4, -0.2) is 43.0 Å². The summed E-state index contributed by atoms with van der Waals surface area (Å²) >= 11 is 0. The van der Waals surface area contributed by atoms with Crippen molar-refractivity contribution in [2.75, 3.05) is 0 Å². The van der Waals surface area contributed by atoms with Crippen molar-refractivity contribution in [3.05, 3.63) is 131 Å². The summed E-state index contributed by atoms with van der Waals surface area (Å²) in [6, 6.07) is 22.3. The van der Waals surface area contributed by atoms with E-state index < -0.39 is 35.0 Å². The zero-order chi connectivity index (χ0) is 37.3. The maximum Gasteiger partial charge on any atom is 0.454 e. The van der Waals surface area contributed by atoms with Crippen LogP contribution in [-0.2, 0) is 0 Å². The molecule has 5 aromatic carbocycles. The average Bonchev–Trinajstić information content (AvgIpc) is 3.68. The molecule has 12 heteroatoms. The highest BCUT2D eigenvalue weighted by atomic mass is 19.4.